The molecule has 0 unspecified atom stereocenters. The lowest BCUT2D eigenvalue weighted by atomic mass is 10.1. The Labute approximate surface area is 126 Å². The van der Waals surface area contributed by atoms with Crippen LogP contribution in [-0.2, 0) is 9.47 Å². The number of aliphatic hydroxyl groups excluding tert-OH is 3. The first-order valence-corrected chi connectivity index (χ1v) is 7.16. The largest absolute Gasteiger partial charge is 0.394 e. The van der Waals surface area contributed by atoms with Gasteiger partial charge < -0.3 is 29.7 Å². The Balaban J connectivity index is 1.82. The number of morpholine rings is 1. The zero-order valence-electron chi connectivity index (χ0n) is 11.9. The summed E-state index contributed by atoms with van der Waals surface area (Å²) in [5.74, 6) is 0.538. The van der Waals surface area contributed by atoms with E-state index in [2.05, 4.69) is 4.98 Å². The Hall–Kier alpha value is -1.52. The van der Waals surface area contributed by atoms with Gasteiger partial charge in [0.15, 0.2) is 6.23 Å². The average Bonchev–Trinajstić information content (AvgIpc) is 2.83. The van der Waals surface area contributed by atoms with Crippen LogP contribution in [0, 0.1) is 0 Å². The van der Waals surface area contributed by atoms with Gasteiger partial charge in [-0.2, -0.15) is 4.98 Å². The Morgan fingerprint density at radius 3 is 2.59 bits per heavy atom. The van der Waals surface area contributed by atoms with Gasteiger partial charge in [0.1, 0.15) is 24.1 Å². The van der Waals surface area contributed by atoms with Crippen LogP contribution in [0.4, 0.5) is 5.82 Å². The van der Waals surface area contributed by atoms with Crippen molar-refractivity contribution in [3.63, 3.8) is 0 Å². The van der Waals surface area contributed by atoms with Crippen LogP contribution in [0.15, 0.2) is 17.1 Å². The average molecular weight is 313 g/mol. The molecule has 3 heterocycles. The summed E-state index contributed by atoms with van der Waals surface area (Å²) in [6.45, 7) is 2.04. The van der Waals surface area contributed by atoms with Gasteiger partial charge >= 0.3 is 5.69 Å². The van der Waals surface area contributed by atoms with Crippen molar-refractivity contribution in [2.75, 3.05) is 37.8 Å². The summed E-state index contributed by atoms with van der Waals surface area (Å²) in [7, 11) is 0. The molecule has 3 rings (SSSR count). The molecule has 9 heteroatoms. The lowest BCUT2D eigenvalue weighted by Gasteiger charge is -2.28. The Morgan fingerprint density at radius 1 is 1.27 bits per heavy atom. The molecule has 2 saturated heterocycles. The van der Waals surface area contributed by atoms with Crippen LogP contribution in [0.2, 0.25) is 0 Å². The van der Waals surface area contributed by atoms with Gasteiger partial charge in [-0.1, -0.05) is 0 Å². The fourth-order valence-electron chi connectivity index (χ4n) is 2.68. The SMILES string of the molecule is O=c1nc(N2CCOCC2)ccn1[C@H]1O[C@@H](CO)[C@@H](O)[C@@H]1O. The van der Waals surface area contributed by atoms with Crippen molar-refractivity contribution in [3.8, 4) is 0 Å². The highest BCUT2D eigenvalue weighted by atomic mass is 16.6. The number of ether oxygens (including phenoxy) is 2. The second-order valence-corrected chi connectivity index (χ2v) is 5.30. The van der Waals surface area contributed by atoms with Gasteiger partial charge in [0.05, 0.1) is 19.8 Å². The van der Waals surface area contributed by atoms with Gasteiger partial charge in [-0.05, 0) is 6.07 Å². The van der Waals surface area contributed by atoms with Crippen LogP contribution in [0.3, 0.4) is 0 Å². The summed E-state index contributed by atoms with van der Waals surface area (Å²) in [6, 6.07) is 1.65. The number of aromatic nitrogens is 2. The van der Waals surface area contributed by atoms with Crippen molar-refractivity contribution in [1.29, 1.82) is 0 Å². The highest BCUT2D eigenvalue weighted by molar-refractivity contribution is 5.36. The third-order valence-corrected chi connectivity index (χ3v) is 3.94. The molecular weight excluding hydrogens is 294 g/mol. The summed E-state index contributed by atoms with van der Waals surface area (Å²) in [5.41, 5.74) is -0.584. The van der Waals surface area contributed by atoms with Crippen molar-refractivity contribution in [2.45, 2.75) is 24.5 Å². The molecule has 2 aliphatic heterocycles. The minimum Gasteiger partial charge on any atom is -0.394 e. The molecule has 0 spiro atoms. The minimum absolute atomic E-state index is 0.442. The van der Waals surface area contributed by atoms with Crippen molar-refractivity contribution in [1.82, 2.24) is 9.55 Å². The topological polar surface area (TPSA) is 117 Å². The first kappa shape index (κ1) is 15.4. The first-order chi connectivity index (χ1) is 10.6. The summed E-state index contributed by atoms with van der Waals surface area (Å²) in [5, 5.41) is 28.8. The molecule has 1 aromatic heterocycles. The molecule has 9 nitrogen and oxygen atoms in total. The van der Waals surface area contributed by atoms with Gasteiger partial charge in [0.2, 0.25) is 0 Å². The zero-order valence-corrected chi connectivity index (χ0v) is 11.9. The molecule has 0 bridgehead atoms. The molecule has 2 fully saturated rings. The number of rotatable bonds is 3. The molecule has 0 radical (unpaired) electrons. The second-order valence-electron chi connectivity index (χ2n) is 5.30. The lowest BCUT2D eigenvalue weighted by Crippen LogP contribution is -2.40. The monoisotopic (exact) mass is 313 g/mol. The number of nitrogens with zero attached hydrogens (tertiary/aromatic N) is 3. The quantitative estimate of drug-likeness (QED) is 0.570. The minimum atomic E-state index is -1.30. The fraction of sp³-hybridized carbons (Fsp3) is 0.692. The van der Waals surface area contributed by atoms with Crippen molar-refractivity contribution in [3.05, 3.63) is 22.7 Å². The molecule has 0 aliphatic carbocycles. The Bertz CT molecular complexity index is 573. The van der Waals surface area contributed by atoms with Gasteiger partial charge in [-0.15, -0.1) is 0 Å². The number of anilines is 1. The first-order valence-electron chi connectivity index (χ1n) is 7.16. The van der Waals surface area contributed by atoms with E-state index in [9.17, 15) is 15.0 Å². The fourth-order valence-corrected chi connectivity index (χ4v) is 2.68. The molecule has 122 valence electrons. The van der Waals surface area contributed by atoms with Crippen molar-refractivity contribution in [2.24, 2.45) is 0 Å². The van der Waals surface area contributed by atoms with Crippen LogP contribution in [0.1, 0.15) is 6.23 Å². The third-order valence-electron chi connectivity index (χ3n) is 3.94. The predicted molar refractivity (Wildman–Crippen MR) is 74.5 cm³/mol. The summed E-state index contributed by atoms with van der Waals surface area (Å²) in [6.07, 6.45) is -3.07. The van der Waals surface area contributed by atoms with Crippen LogP contribution in [0.25, 0.3) is 0 Å². The van der Waals surface area contributed by atoms with Gasteiger partial charge in [0, 0.05) is 19.3 Å². The van der Waals surface area contributed by atoms with Gasteiger partial charge in [0.25, 0.3) is 0 Å². The van der Waals surface area contributed by atoms with E-state index in [1.165, 1.54) is 6.20 Å². The van der Waals surface area contributed by atoms with Crippen LogP contribution in [-0.4, -0.2) is 76.1 Å². The second kappa shape index (κ2) is 6.31. The number of hydrogen-bond donors (Lipinski definition) is 3. The van der Waals surface area contributed by atoms with E-state index in [4.69, 9.17) is 14.6 Å². The highest BCUT2D eigenvalue weighted by Crippen LogP contribution is 2.28. The molecule has 2 aliphatic rings. The molecule has 1 aromatic rings. The van der Waals surface area contributed by atoms with E-state index in [0.717, 1.165) is 4.57 Å². The maximum atomic E-state index is 12.2. The molecule has 4 atom stereocenters. The molecule has 0 aromatic carbocycles. The summed E-state index contributed by atoms with van der Waals surface area (Å²) < 4.78 is 11.7. The Kier molecular flexibility index (Phi) is 4.41. The molecule has 0 saturated carbocycles. The lowest BCUT2D eigenvalue weighted by molar-refractivity contribution is -0.0549. The van der Waals surface area contributed by atoms with E-state index >= 15 is 0 Å². The van der Waals surface area contributed by atoms with Gasteiger partial charge in [-0.25, -0.2) is 4.79 Å². The number of aliphatic hydroxyl groups is 3. The normalized spacial score (nSPS) is 32.4. The van der Waals surface area contributed by atoms with Crippen LogP contribution in [0.5, 0.6) is 0 Å². The van der Waals surface area contributed by atoms with Crippen LogP contribution >= 0.6 is 0 Å². The van der Waals surface area contributed by atoms with E-state index in [1.807, 2.05) is 4.90 Å². The number of hydrogen-bond acceptors (Lipinski definition) is 8. The maximum Gasteiger partial charge on any atom is 0.351 e. The Morgan fingerprint density at radius 2 is 2.00 bits per heavy atom. The van der Waals surface area contributed by atoms with E-state index < -0.39 is 36.8 Å². The van der Waals surface area contributed by atoms with E-state index in [-0.39, 0.29) is 0 Å². The van der Waals surface area contributed by atoms with Gasteiger partial charge in [-0.3, -0.25) is 4.57 Å². The summed E-state index contributed by atoms with van der Waals surface area (Å²) in [4.78, 5) is 18.1. The molecule has 22 heavy (non-hydrogen) atoms. The molecular formula is C13H19N3O6. The third kappa shape index (κ3) is 2.73. The standard InChI is InChI=1S/C13H19N3O6/c17-7-8-10(18)11(19)12(22-8)16-2-1-9(14-13(16)20)15-3-5-21-6-4-15/h1-2,8,10-12,17-19H,3-7H2/t8-,10+,11-,12-/m0/s1. The summed E-state index contributed by atoms with van der Waals surface area (Å²) >= 11 is 0. The highest BCUT2D eigenvalue weighted by Gasteiger charge is 2.43. The smallest absolute Gasteiger partial charge is 0.351 e. The van der Waals surface area contributed by atoms with Crippen LogP contribution < -0.4 is 10.6 Å². The molecule has 0 amide bonds. The maximum absolute atomic E-state index is 12.2. The van der Waals surface area contributed by atoms with Crippen molar-refractivity contribution >= 4 is 5.82 Å². The van der Waals surface area contributed by atoms with E-state index in [1.54, 1.807) is 6.07 Å². The van der Waals surface area contributed by atoms with E-state index in [0.29, 0.717) is 32.1 Å². The predicted octanol–water partition coefficient (Wildman–Crippen LogP) is -2.31. The zero-order chi connectivity index (χ0) is 15.7. The molecule has 3 N–H and O–H groups in total. The van der Waals surface area contributed by atoms with Crippen molar-refractivity contribution < 1.29 is 24.8 Å².